The number of aliphatic hydroxyl groups is 1. The van der Waals surface area contributed by atoms with Crippen LogP contribution in [0.2, 0.25) is 0 Å². The quantitative estimate of drug-likeness (QED) is 0.781. The highest BCUT2D eigenvalue weighted by molar-refractivity contribution is 5.86. The van der Waals surface area contributed by atoms with E-state index in [1.165, 1.54) is 25.6 Å². The Morgan fingerprint density at radius 2 is 2.04 bits per heavy atom. The summed E-state index contributed by atoms with van der Waals surface area (Å²) in [4.78, 5) is 25.2. The predicted molar refractivity (Wildman–Crippen MR) is 102 cm³/mol. The number of hydrogen-bond donors (Lipinski definition) is 3. The first-order chi connectivity index (χ1) is 12.5. The SMILES string of the molecule is CC(C)(CO)C(=O)N1CC2CCCC2C1.CNc1ncnc2[nH]ccc12. The first-order valence-corrected chi connectivity index (χ1v) is 9.32. The molecule has 3 heterocycles. The summed E-state index contributed by atoms with van der Waals surface area (Å²) < 4.78 is 0. The van der Waals surface area contributed by atoms with Gasteiger partial charge in [0, 0.05) is 26.3 Å². The molecule has 2 fully saturated rings. The molecule has 2 atom stereocenters. The molecular formula is C19H29N5O2. The van der Waals surface area contributed by atoms with Crippen LogP contribution in [0.4, 0.5) is 5.82 Å². The van der Waals surface area contributed by atoms with Crippen LogP contribution in [-0.2, 0) is 4.79 Å². The second-order valence-corrected chi connectivity index (χ2v) is 7.92. The molecule has 7 nitrogen and oxygen atoms in total. The van der Waals surface area contributed by atoms with Crippen molar-refractivity contribution in [1.29, 1.82) is 0 Å². The maximum atomic E-state index is 12.1. The summed E-state index contributed by atoms with van der Waals surface area (Å²) in [5.74, 6) is 2.46. The number of anilines is 1. The smallest absolute Gasteiger partial charge is 0.230 e. The molecule has 1 saturated heterocycles. The summed E-state index contributed by atoms with van der Waals surface area (Å²) in [6, 6.07) is 1.95. The standard InChI is InChI=1S/C12H21NO2.C7H8N4/c1-12(2,8-14)11(15)13-6-9-4-3-5-10(9)7-13;1-8-6-5-2-3-9-7(5)11-4-10-6/h9-10,14H,3-8H2,1-2H3;2-4H,1H3,(H2,8,9,10,11). The Balaban J connectivity index is 0.000000158. The topological polar surface area (TPSA) is 94.1 Å². The molecule has 0 bridgehead atoms. The largest absolute Gasteiger partial charge is 0.395 e. The summed E-state index contributed by atoms with van der Waals surface area (Å²) in [5.41, 5.74) is 0.267. The lowest BCUT2D eigenvalue weighted by Crippen LogP contribution is -2.42. The van der Waals surface area contributed by atoms with Crippen LogP contribution in [0.3, 0.4) is 0 Å². The normalized spacial score (nSPS) is 22.1. The van der Waals surface area contributed by atoms with Crippen molar-refractivity contribution >= 4 is 22.8 Å². The highest BCUT2D eigenvalue weighted by atomic mass is 16.3. The average molecular weight is 359 g/mol. The Kier molecular flexibility index (Phi) is 5.46. The Morgan fingerprint density at radius 3 is 2.65 bits per heavy atom. The van der Waals surface area contributed by atoms with Gasteiger partial charge in [-0.3, -0.25) is 4.79 Å². The molecule has 2 unspecified atom stereocenters. The van der Waals surface area contributed by atoms with Gasteiger partial charge in [-0.1, -0.05) is 6.42 Å². The number of H-pyrrole nitrogens is 1. The van der Waals surface area contributed by atoms with Crippen molar-refractivity contribution in [2.45, 2.75) is 33.1 Å². The van der Waals surface area contributed by atoms with Gasteiger partial charge in [0.05, 0.1) is 17.4 Å². The summed E-state index contributed by atoms with van der Waals surface area (Å²) in [5, 5.41) is 13.2. The summed E-state index contributed by atoms with van der Waals surface area (Å²) in [6.07, 6.45) is 7.29. The maximum Gasteiger partial charge on any atom is 0.230 e. The molecule has 1 aliphatic heterocycles. The molecule has 4 rings (SSSR count). The average Bonchev–Trinajstić information content (AvgIpc) is 3.36. The van der Waals surface area contributed by atoms with E-state index >= 15 is 0 Å². The molecule has 0 aromatic carbocycles. The summed E-state index contributed by atoms with van der Waals surface area (Å²) in [7, 11) is 1.84. The molecule has 1 aliphatic carbocycles. The molecule has 0 radical (unpaired) electrons. The number of aliphatic hydroxyl groups excluding tert-OH is 1. The van der Waals surface area contributed by atoms with Crippen molar-refractivity contribution in [3.05, 3.63) is 18.6 Å². The summed E-state index contributed by atoms with van der Waals surface area (Å²) >= 11 is 0. The van der Waals surface area contributed by atoms with Crippen molar-refractivity contribution < 1.29 is 9.90 Å². The number of nitrogens with one attached hydrogen (secondary N) is 2. The van der Waals surface area contributed by atoms with Crippen molar-refractivity contribution in [2.24, 2.45) is 17.3 Å². The zero-order valence-electron chi connectivity index (χ0n) is 15.8. The van der Waals surface area contributed by atoms with Crippen molar-refractivity contribution in [3.63, 3.8) is 0 Å². The first kappa shape index (κ1) is 18.6. The fourth-order valence-electron chi connectivity index (χ4n) is 3.97. The minimum atomic E-state index is -0.599. The number of fused-ring (bicyclic) bond motifs is 2. The molecule has 2 aliphatic rings. The lowest BCUT2D eigenvalue weighted by Gasteiger charge is -2.27. The first-order valence-electron chi connectivity index (χ1n) is 9.32. The summed E-state index contributed by atoms with van der Waals surface area (Å²) in [6.45, 7) is 5.43. The third-order valence-electron chi connectivity index (χ3n) is 5.58. The zero-order valence-corrected chi connectivity index (χ0v) is 15.8. The number of carbonyl (C=O) groups is 1. The van der Waals surface area contributed by atoms with Crippen LogP contribution >= 0.6 is 0 Å². The van der Waals surface area contributed by atoms with Gasteiger partial charge in [0.25, 0.3) is 0 Å². The molecule has 2 aromatic heterocycles. The minimum Gasteiger partial charge on any atom is -0.395 e. The lowest BCUT2D eigenvalue weighted by atomic mass is 9.93. The molecule has 2 aromatic rings. The van der Waals surface area contributed by atoms with Gasteiger partial charge >= 0.3 is 0 Å². The molecule has 1 saturated carbocycles. The van der Waals surface area contributed by atoms with Gasteiger partial charge < -0.3 is 20.3 Å². The van der Waals surface area contributed by atoms with E-state index in [-0.39, 0.29) is 12.5 Å². The number of carbonyl (C=O) groups excluding carboxylic acids is 1. The monoisotopic (exact) mass is 359 g/mol. The van der Waals surface area contributed by atoms with E-state index in [1.54, 1.807) is 0 Å². The Hall–Kier alpha value is -2.15. The van der Waals surface area contributed by atoms with Crippen molar-refractivity contribution in [3.8, 4) is 0 Å². The van der Waals surface area contributed by atoms with Crippen molar-refractivity contribution in [1.82, 2.24) is 19.9 Å². The third kappa shape index (κ3) is 3.67. The van der Waals surface area contributed by atoms with Gasteiger partial charge in [-0.05, 0) is 44.6 Å². The number of aromatic nitrogens is 3. The van der Waals surface area contributed by atoms with Crippen molar-refractivity contribution in [2.75, 3.05) is 32.1 Å². The molecule has 3 N–H and O–H groups in total. The number of amides is 1. The second kappa shape index (κ2) is 7.61. The minimum absolute atomic E-state index is 0.0579. The van der Waals surface area contributed by atoms with Gasteiger partial charge in [0.15, 0.2) is 0 Å². The second-order valence-electron chi connectivity index (χ2n) is 7.92. The number of nitrogens with zero attached hydrogens (tertiary/aromatic N) is 3. The molecule has 26 heavy (non-hydrogen) atoms. The van der Waals surface area contributed by atoms with Gasteiger partial charge in [-0.25, -0.2) is 9.97 Å². The van der Waals surface area contributed by atoms with Crippen LogP contribution in [0.15, 0.2) is 18.6 Å². The predicted octanol–water partition coefficient (Wildman–Crippen LogP) is 2.26. The van der Waals surface area contributed by atoms with Crippen LogP contribution in [0.25, 0.3) is 11.0 Å². The van der Waals surface area contributed by atoms with Crippen LogP contribution in [0.5, 0.6) is 0 Å². The Bertz CT molecular complexity index is 745. The Labute approximate surface area is 154 Å². The van der Waals surface area contributed by atoms with E-state index < -0.39 is 5.41 Å². The highest BCUT2D eigenvalue weighted by Crippen LogP contribution is 2.38. The van der Waals surface area contributed by atoms with E-state index in [1.807, 2.05) is 38.1 Å². The lowest BCUT2D eigenvalue weighted by molar-refractivity contribution is -0.141. The van der Waals surface area contributed by atoms with E-state index in [0.717, 1.165) is 41.8 Å². The number of likely N-dealkylation sites (tertiary alicyclic amines) is 1. The van der Waals surface area contributed by atoms with Gasteiger partial charge in [-0.15, -0.1) is 0 Å². The van der Waals surface area contributed by atoms with Crippen LogP contribution in [-0.4, -0.2) is 57.6 Å². The van der Waals surface area contributed by atoms with Gasteiger partial charge in [0.2, 0.25) is 5.91 Å². The van der Waals surface area contributed by atoms with E-state index in [2.05, 4.69) is 20.3 Å². The van der Waals surface area contributed by atoms with E-state index in [9.17, 15) is 9.90 Å². The number of rotatable bonds is 3. The maximum absolute atomic E-state index is 12.1. The van der Waals surface area contributed by atoms with E-state index in [0.29, 0.717) is 0 Å². The van der Waals surface area contributed by atoms with Gasteiger partial charge in [-0.2, -0.15) is 0 Å². The highest BCUT2D eigenvalue weighted by Gasteiger charge is 2.41. The molecule has 0 spiro atoms. The van der Waals surface area contributed by atoms with Crippen LogP contribution in [0, 0.1) is 17.3 Å². The molecular weight excluding hydrogens is 330 g/mol. The zero-order chi connectivity index (χ0) is 18.7. The molecule has 7 heteroatoms. The van der Waals surface area contributed by atoms with E-state index in [4.69, 9.17) is 0 Å². The fourth-order valence-corrected chi connectivity index (χ4v) is 3.97. The Morgan fingerprint density at radius 1 is 1.35 bits per heavy atom. The molecule has 142 valence electrons. The molecule has 1 amide bonds. The number of aromatic amines is 1. The third-order valence-corrected chi connectivity index (χ3v) is 5.58. The van der Waals surface area contributed by atoms with Crippen LogP contribution in [0.1, 0.15) is 33.1 Å². The number of hydrogen-bond acceptors (Lipinski definition) is 5. The van der Waals surface area contributed by atoms with Gasteiger partial charge in [0.1, 0.15) is 17.8 Å². The van der Waals surface area contributed by atoms with Crippen LogP contribution < -0.4 is 5.32 Å². The fraction of sp³-hybridized carbons (Fsp3) is 0.632.